The zero-order valence-corrected chi connectivity index (χ0v) is 8.64. The van der Waals surface area contributed by atoms with Crippen LogP contribution in [0.3, 0.4) is 0 Å². The first-order valence-electron chi connectivity index (χ1n) is 4.81. The summed E-state index contributed by atoms with van der Waals surface area (Å²) in [6.07, 6.45) is 1.53. The molecule has 1 rings (SSSR count). The molecule has 1 heterocycles. The number of aliphatic hydroxyl groups excluding tert-OH is 1. The average molecular weight is 195 g/mol. The average Bonchev–Trinajstić information content (AvgIpc) is 2.20. The Morgan fingerprint density at radius 3 is 2.50 bits per heavy atom. The Balaban J connectivity index is 2.92. The third-order valence-corrected chi connectivity index (χ3v) is 2.22. The summed E-state index contributed by atoms with van der Waals surface area (Å²) in [6, 6.07) is 1.92. The van der Waals surface area contributed by atoms with Gasteiger partial charge in [0.05, 0.1) is 12.3 Å². The number of hydrogen-bond acceptors (Lipinski definition) is 4. The van der Waals surface area contributed by atoms with Gasteiger partial charge in [-0.25, -0.2) is 9.97 Å². The van der Waals surface area contributed by atoms with Crippen molar-refractivity contribution in [3.63, 3.8) is 0 Å². The van der Waals surface area contributed by atoms with Gasteiger partial charge in [0.25, 0.3) is 0 Å². The minimum absolute atomic E-state index is 0.0328. The van der Waals surface area contributed by atoms with Gasteiger partial charge in [0.2, 0.25) is 0 Å². The maximum absolute atomic E-state index is 9.07. The molecule has 0 bridgehead atoms. The van der Waals surface area contributed by atoms with Crippen molar-refractivity contribution in [3.05, 3.63) is 23.8 Å². The molecule has 0 radical (unpaired) electrons. The van der Waals surface area contributed by atoms with Crippen LogP contribution >= 0.6 is 0 Å². The minimum Gasteiger partial charge on any atom is -0.396 e. The van der Waals surface area contributed by atoms with Gasteiger partial charge in [-0.3, -0.25) is 0 Å². The first-order valence-corrected chi connectivity index (χ1v) is 4.81. The Hall–Kier alpha value is -1.00. The van der Waals surface area contributed by atoms with Crippen LogP contribution in [0.25, 0.3) is 0 Å². The Morgan fingerprint density at radius 1 is 1.36 bits per heavy atom. The van der Waals surface area contributed by atoms with Crippen molar-refractivity contribution in [2.45, 2.75) is 25.7 Å². The molecule has 0 saturated carbocycles. The largest absolute Gasteiger partial charge is 0.396 e. The lowest BCUT2D eigenvalue weighted by Crippen LogP contribution is -2.17. The number of nitrogens with zero attached hydrogens (tertiary/aromatic N) is 2. The normalized spacial score (nSPS) is 13.2. The molecule has 0 saturated heterocycles. The second kappa shape index (κ2) is 5.02. The van der Waals surface area contributed by atoms with Crippen molar-refractivity contribution in [1.82, 2.24) is 9.97 Å². The van der Waals surface area contributed by atoms with Crippen molar-refractivity contribution in [1.29, 1.82) is 0 Å². The maximum Gasteiger partial charge on any atom is 0.115 e. The fourth-order valence-electron chi connectivity index (χ4n) is 1.22. The van der Waals surface area contributed by atoms with E-state index < -0.39 is 0 Å². The van der Waals surface area contributed by atoms with E-state index in [-0.39, 0.29) is 12.5 Å². The van der Waals surface area contributed by atoms with Gasteiger partial charge >= 0.3 is 0 Å². The molecule has 0 spiro atoms. The van der Waals surface area contributed by atoms with E-state index in [0.29, 0.717) is 12.5 Å². The molecule has 0 amide bonds. The molecule has 78 valence electrons. The van der Waals surface area contributed by atoms with Crippen LogP contribution in [0.5, 0.6) is 0 Å². The van der Waals surface area contributed by atoms with E-state index in [1.807, 2.05) is 6.07 Å². The fourth-order valence-corrected chi connectivity index (χ4v) is 1.22. The van der Waals surface area contributed by atoms with Crippen LogP contribution in [0.15, 0.2) is 12.4 Å². The molecule has 1 atom stereocenters. The van der Waals surface area contributed by atoms with Gasteiger partial charge in [0.15, 0.2) is 0 Å². The van der Waals surface area contributed by atoms with Gasteiger partial charge in [0, 0.05) is 18.2 Å². The summed E-state index contributed by atoms with van der Waals surface area (Å²) < 4.78 is 0. The fraction of sp³-hybridized carbons (Fsp3) is 0.600. The third kappa shape index (κ3) is 2.49. The van der Waals surface area contributed by atoms with Gasteiger partial charge in [-0.2, -0.15) is 0 Å². The highest BCUT2D eigenvalue weighted by Gasteiger charge is 2.11. The molecular formula is C10H17N3O. The molecule has 0 aliphatic rings. The molecular weight excluding hydrogens is 178 g/mol. The molecule has 4 heteroatoms. The molecule has 4 nitrogen and oxygen atoms in total. The Labute approximate surface area is 84.2 Å². The highest BCUT2D eigenvalue weighted by Crippen LogP contribution is 2.16. The molecule has 1 aromatic heterocycles. The van der Waals surface area contributed by atoms with Crippen LogP contribution in [-0.2, 0) is 0 Å². The van der Waals surface area contributed by atoms with Gasteiger partial charge < -0.3 is 10.8 Å². The van der Waals surface area contributed by atoms with E-state index in [4.69, 9.17) is 10.8 Å². The molecule has 14 heavy (non-hydrogen) atoms. The summed E-state index contributed by atoms with van der Waals surface area (Å²) in [6.45, 7) is 4.58. The lowest BCUT2D eigenvalue weighted by atomic mass is 10.0. The van der Waals surface area contributed by atoms with Crippen LogP contribution in [0.1, 0.15) is 37.1 Å². The van der Waals surface area contributed by atoms with Crippen LogP contribution < -0.4 is 5.73 Å². The molecule has 1 aromatic rings. The Morgan fingerprint density at radius 2 is 2.00 bits per heavy atom. The number of aromatic nitrogens is 2. The first-order chi connectivity index (χ1) is 6.69. The number of rotatable bonds is 4. The van der Waals surface area contributed by atoms with E-state index >= 15 is 0 Å². The topological polar surface area (TPSA) is 72.0 Å². The number of hydrogen-bond donors (Lipinski definition) is 2. The first kappa shape index (κ1) is 11.1. The molecule has 0 fully saturated rings. The van der Waals surface area contributed by atoms with Gasteiger partial charge in [-0.1, -0.05) is 13.8 Å². The van der Waals surface area contributed by atoms with Gasteiger partial charge in [-0.15, -0.1) is 0 Å². The standard InChI is InChI=1S/C10H17N3O/c1-7(2)9-3-10(13-6-12-9)8(4-11)5-14/h3,6-8,14H,4-5,11H2,1-2H3. The molecule has 1 unspecified atom stereocenters. The predicted octanol–water partition coefficient (Wildman–Crippen LogP) is 0.635. The zero-order chi connectivity index (χ0) is 10.6. The lowest BCUT2D eigenvalue weighted by molar-refractivity contribution is 0.265. The molecule has 0 aliphatic heterocycles. The minimum atomic E-state index is -0.0736. The van der Waals surface area contributed by atoms with Crippen molar-refractivity contribution in [3.8, 4) is 0 Å². The summed E-state index contributed by atoms with van der Waals surface area (Å²) in [7, 11) is 0. The highest BCUT2D eigenvalue weighted by molar-refractivity contribution is 5.15. The predicted molar refractivity (Wildman–Crippen MR) is 55.0 cm³/mol. The van der Waals surface area contributed by atoms with E-state index in [0.717, 1.165) is 11.4 Å². The summed E-state index contributed by atoms with van der Waals surface area (Å²) in [5.74, 6) is 0.296. The quantitative estimate of drug-likeness (QED) is 0.739. The number of aliphatic hydroxyl groups is 1. The summed E-state index contributed by atoms with van der Waals surface area (Å²) >= 11 is 0. The van der Waals surface area contributed by atoms with Gasteiger partial charge in [-0.05, 0) is 12.0 Å². The Kier molecular flexibility index (Phi) is 3.98. The van der Waals surface area contributed by atoms with E-state index in [9.17, 15) is 0 Å². The van der Waals surface area contributed by atoms with Crippen molar-refractivity contribution >= 4 is 0 Å². The third-order valence-electron chi connectivity index (χ3n) is 2.22. The maximum atomic E-state index is 9.07. The van der Waals surface area contributed by atoms with E-state index in [1.165, 1.54) is 6.33 Å². The van der Waals surface area contributed by atoms with Gasteiger partial charge in [0.1, 0.15) is 6.33 Å². The highest BCUT2D eigenvalue weighted by atomic mass is 16.3. The van der Waals surface area contributed by atoms with Crippen LogP contribution in [-0.4, -0.2) is 28.2 Å². The summed E-state index contributed by atoms with van der Waals surface area (Å²) in [5, 5.41) is 9.07. The van der Waals surface area contributed by atoms with E-state index in [2.05, 4.69) is 23.8 Å². The zero-order valence-electron chi connectivity index (χ0n) is 8.64. The van der Waals surface area contributed by atoms with E-state index in [1.54, 1.807) is 0 Å². The SMILES string of the molecule is CC(C)c1cc(C(CN)CO)ncn1. The molecule has 0 aromatic carbocycles. The molecule has 0 aliphatic carbocycles. The molecule has 3 N–H and O–H groups in total. The second-order valence-electron chi connectivity index (χ2n) is 3.64. The monoisotopic (exact) mass is 195 g/mol. The Bertz CT molecular complexity index is 284. The van der Waals surface area contributed by atoms with Crippen molar-refractivity contribution in [2.75, 3.05) is 13.2 Å². The van der Waals surface area contributed by atoms with Crippen molar-refractivity contribution < 1.29 is 5.11 Å². The lowest BCUT2D eigenvalue weighted by Gasteiger charge is -2.12. The second-order valence-corrected chi connectivity index (χ2v) is 3.64. The smallest absolute Gasteiger partial charge is 0.115 e. The summed E-state index contributed by atoms with van der Waals surface area (Å²) in [4.78, 5) is 8.27. The number of nitrogens with two attached hydrogens (primary N) is 1. The summed E-state index contributed by atoms with van der Waals surface area (Å²) in [5.41, 5.74) is 7.34. The van der Waals surface area contributed by atoms with Crippen LogP contribution in [0.4, 0.5) is 0 Å². The van der Waals surface area contributed by atoms with Crippen LogP contribution in [0.2, 0.25) is 0 Å². The van der Waals surface area contributed by atoms with Crippen LogP contribution in [0, 0.1) is 0 Å². The van der Waals surface area contributed by atoms with Crippen molar-refractivity contribution in [2.24, 2.45) is 5.73 Å².